The smallest absolute Gasteiger partial charge is 0.475 e. The van der Waals surface area contributed by atoms with Crippen molar-refractivity contribution in [1.82, 2.24) is 19.8 Å². The third kappa shape index (κ3) is 6.95. The number of anilines is 1. The zero-order valence-electron chi connectivity index (χ0n) is 16.6. The van der Waals surface area contributed by atoms with Gasteiger partial charge in [0.25, 0.3) is 10.0 Å². The third-order valence-corrected chi connectivity index (χ3v) is 5.00. The zero-order chi connectivity index (χ0) is 25.2. The summed E-state index contributed by atoms with van der Waals surface area (Å²) in [5, 5.41) is 19.2. The van der Waals surface area contributed by atoms with Crippen LogP contribution in [-0.4, -0.2) is 72.7 Å². The lowest BCUT2D eigenvalue weighted by Gasteiger charge is -2.27. The molecule has 3 rings (SSSR count). The molecule has 0 bridgehead atoms. The number of nitrogens with zero attached hydrogens (tertiary/aromatic N) is 2. The summed E-state index contributed by atoms with van der Waals surface area (Å²) in [6, 6.07) is 2.63. The Hall–Kier alpha value is -3.08. The molecule has 1 aliphatic heterocycles. The van der Waals surface area contributed by atoms with Gasteiger partial charge in [-0.3, -0.25) is 4.79 Å². The standard InChI is InChI=1S/C14H16F3N5O3S.C2HF3O2/c1-26(24,25)22-11-3-2-8(14(15,16)17)4-10(11)13(21-22)19-7-12(23)20-9-5-18-6-9;3-2(4,5)1(6)7/h2-4,9,18H,5-7H2,1H3,(H,19,21)(H,20,23);(H,6,7). The van der Waals surface area contributed by atoms with Crippen LogP contribution in [0.4, 0.5) is 32.2 Å². The van der Waals surface area contributed by atoms with Crippen molar-refractivity contribution in [3.05, 3.63) is 23.8 Å². The Kier molecular flexibility index (Phi) is 7.47. The number of amides is 1. The van der Waals surface area contributed by atoms with Gasteiger partial charge in [-0.1, -0.05) is 0 Å². The summed E-state index contributed by atoms with van der Waals surface area (Å²) in [4.78, 5) is 20.7. The quantitative estimate of drug-likeness (QED) is 0.441. The fourth-order valence-corrected chi connectivity index (χ4v) is 3.23. The minimum Gasteiger partial charge on any atom is -0.475 e. The number of carboxylic acid groups (broad SMARTS) is 1. The Balaban J connectivity index is 0.000000479. The lowest BCUT2D eigenvalue weighted by atomic mass is 10.1. The first-order valence-corrected chi connectivity index (χ1v) is 10.7. The molecule has 33 heavy (non-hydrogen) atoms. The van der Waals surface area contributed by atoms with Crippen molar-refractivity contribution < 1.29 is 49.5 Å². The van der Waals surface area contributed by atoms with E-state index in [1.807, 2.05) is 0 Å². The van der Waals surface area contributed by atoms with Crippen LogP contribution in [0, 0.1) is 0 Å². The summed E-state index contributed by atoms with van der Waals surface area (Å²) < 4.78 is 94.9. The summed E-state index contributed by atoms with van der Waals surface area (Å²) in [5.74, 6) is -3.24. The summed E-state index contributed by atoms with van der Waals surface area (Å²) in [6.45, 7) is 1.04. The molecule has 0 radical (unpaired) electrons. The highest BCUT2D eigenvalue weighted by atomic mass is 32.2. The maximum absolute atomic E-state index is 13.0. The maximum Gasteiger partial charge on any atom is 0.490 e. The van der Waals surface area contributed by atoms with Gasteiger partial charge in [-0.2, -0.15) is 30.4 Å². The summed E-state index contributed by atoms with van der Waals surface area (Å²) >= 11 is 0. The number of aliphatic carboxylic acids is 1. The van der Waals surface area contributed by atoms with Crippen LogP contribution < -0.4 is 16.0 Å². The minimum atomic E-state index is -5.08. The molecule has 2 aromatic rings. The number of fused-ring (bicyclic) bond motifs is 1. The zero-order valence-corrected chi connectivity index (χ0v) is 17.4. The fourth-order valence-electron chi connectivity index (χ4n) is 2.48. The molecule has 1 aromatic carbocycles. The van der Waals surface area contributed by atoms with Gasteiger partial charge in [-0.15, -0.1) is 5.10 Å². The van der Waals surface area contributed by atoms with E-state index in [0.29, 0.717) is 17.2 Å². The molecule has 0 atom stereocenters. The predicted molar refractivity (Wildman–Crippen MR) is 102 cm³/mol. The Morgan fingerprint density at radius 1 is 1.21 bits per heavy atom. The second-order valence-electron chi connectivity index (χ2n) is 6.76. The molecular formula is C16H17F6N5O5S. The van der Waals surface area contributed by atoms with E-state index < -0.39 is 33.9 Å². The van der Waals surface area contributed by atoms with Crippen molar-refractivity contribution in [3.63, 3.8) is 0 Å². The minimum absolute atomic E-state index is 0.00598. The van der Waals surface area contributed by atoms with E-state index >= 15 is 0 Å². The van der Waals surface area contributed by atoms with Crippen LogP contribution in [0.3, 0.4) is 0 Å². The van der Waals surface area contributed by atoms with E-state index in [0.717, 1.165) is 24.5 Å². The molecule has 0 saturated carbocycles. The molecule has 4 N–H and O–H groups in total. The van der Waals surface area contributed by atoms with Crippen molar-refractivity contribution in [1.29, 1.82) is 0 Å². The van der Waals surface area contributed by atoms with Crippen LogP contribution >= 0.6 is 0 Å². The molecule has 17 heteroatoms. The molecule has 10 nitrogen and oxygen atoms in total. The van der Waals surface area contributed by atoms with Crippen LogP contribution in [0.2, 0.25) is 0 Å². The van der Waals surface area contributed by atoms with Gasteiger partial charge in [0.1, 0.15) is 0 Å². The number of halogens is 6. The highest BCUT2D eigenvalue weighted by Gasteiger charge is 2.38. The number of alkyl halides is 6. The second-order valence-corrected chi connectivity index (χ2v) is 8.58. The number of carbonyl (C=O) groups excluding carboxylic acids is 1. The van der Waals surface area contributed by atoms with Gasteiger partial charge in [0.2, 0.25) is 5.91 Å². The second kappa shape index (κ2) is 9.42. The number of carbonyl (C=O) groups is 2. The largest absolute Gasteiger partial charge is 0.490 e. The van der Waals surface area contributed by atoms with Gasteiger partial charge >= 0.3 is 18.3 Å². The summed E-state index contributed by atoms with van der Waals surface area (Å²) in [6.07, 6.45) is -8.79. The van der Waals surface area contributed by atoms with Crippen LogP contribution in [0.5, 0.6) is 0 Å². The van der Waals surface area contributed by atoms with Gasteiger partial charge in [0.15, 0.2) is 5.82 Å². The van der Waals surface area contributed by atoms with Crippen LogP contribution in [0.25, 0.3) is 10.9 Å². The molecule has 184 valence electrons. The molecule has 1 aromatic heterocycles. The highest BCUT2D eigenvalue weighted by molar-refractivity contribution is 7.89. The number of benzene rings is 1. The molecule has 0 spiro atoms. The van der Waals surface area contributed by atoms with Crippen LogP contribution in [0.1, 0.15) is 5.56 Å². The van der Waals surface area contributed by atoms with Gasteiger partial charge < -0.3 is 21.1 Å². The Morgan fingerprint density at radius 2 is 1.79 bits per heavy atom. The van der Waals surface area contributed by atoms with Crippen LogP contribution in [0.15, 0.2) is 18.2 Å². The monoisotopic (exact) mass is 505 g/mol. The average molecular weight is 505 g/mol. The molecule has 2 heterocycles. The summed E-state index contributed by atoms with van der Waals surface area (Å²) in [5.41, 5.74) is -0.947. The third-order valence-electron chi connectivity index (χ3n) is 4.10. The molecule has 1 aliphatic rings. The summed E-state index contributed by atoms with van der Waals surface area (Å²) in [7, 11) is -3.83. The van der Waals surface area contributed by atoms with Gasteiger partial charge in [0, 0.05) is 18.5 Å². The highest BCUT2D eigenvalue weighted by Crippen LogP contribution is 2.34. The Morgan fingerprint density at radius 3 is 2.21 bits per heavy atom. The Labute approximate surface area is 182 Å². The predicted octanol–water partition coefficient (Wildman–Crippen LogP) is 0.996. The molecular weight excluding hydrogens is 488 g/mol. The fraction of sp³-hybridized carbons (Fsp3) is 0.438. The topological polar surface area (TPSA) is 142 Å². The number of carboxylic acids is 1. The molecule has 0 aliphatic carbocycles. The lowest BCUT2D eigenvalue weighted by molar-refractivity contribution is -0.192. The normalized spacial score (nSPS) is 14.8. The van der Waals surface area contributed by atoms with Gasteiger partial charge in [-0.05, 0) is 18.2 Å². The molecule has 1 amide bonds. The average Bonchev–Trinajstić information content (AvgIpc) is 3.00. The first-order chi connectivity index (χ1) is 15.0. The van der Waals surface area contributed by atoms with E-state index in [1.54, 1.807) is 0 Å². The SMILES string of the molecule is CS(=O)(=O)n1nc(NCC(=O)NC2CNC2)c2cc(C(F)(F)F)ccc21.O=C(O)C(F)(F)F. The molecule has 0 unspecified atom stereocenters. The van der Waals surface area contributed by atoms with Crippen molar-refractivity contribution in [2.45, 2.75) is 18.4 Å². The van der Waals surface area contributed by atoms with Crippen LogP contribution in [-0.2, 0) is 25.8 Å². The first-order valence-electron chi connectivity index (χ1n) is 8.84. The first kappa shape index (κ1) is 26.2. The van der Waals surface area contributed by atoms with Gasteiger partial charge in [0.05, 0.1) is 29.9 Å². The lowest BCUT2D eigenvalue weighted by Crippen LogP contribution is -2.57. The number of aromatic nitrogens is 2. The van der Waals surface area contributed by atoms with E-state index in [-0.39, 0.29) is 35.2 Å². The van der Waals surface area contributed by atoms with E-state index in [9.17, 15) is 39.6 Å². The maximum atomic E-state index is 13.0. The van der Waals surface area contributed by atoms with Crippen molar-refractivity contribution in [2.24, 2.45) is 0 Å². The van der Waals surface area contributed by atoms with Crippen molar-refractivity contribution in [2.75, 3.05) is 31.2 Å². The van der Waals surface area contributed by atoms with E-state index in [2.05, 4.69) is 21.0 Å². The Bertz CT molecular complexity index is 1140. The molecule has 1 saturated heterocycles. The number of hydrogen-bond donors (Lipinski definition) is 4. The van der Waals surface area contributed by atoms with Gasteiger partial charge in [-0.25, -0.2) is 13.2 Å². The number of hydrogen-bond acceptors (Lipinski definition) is 7. The van der Waals surface area contributed by atoms with E-state index in [4.69, 9.17) is 9.90 Å². The van der Waals surface area contributed by atoms with Crippen molar-refractivity contribution >= 4 is 38.6 Å². The molecule has 1 fully saturated rings. The van der Waals surface area contributed by atoms with E-state index in [1.165, 1.54) is 0 Å². The van der Waals surface area contributed by atoms with Crippen molar-refractivity contribution in [3.8, 4) is 0 Å². The number of nitrogens with one attached hydrogen (secondary N) is 3. The number of rotatable bonds is 5.